The highest BCUT2D eigenvalue weighted by Crippen LogP contribution is 2.42. The number of hydrogen-bond acceptors (Lipinski definition) is 5. The van der Waals surface area contributed by atoms with E-state index in [1.807, 2.05) is 25.2 Å². The summed E-state index contributed by atoms with van der Waals surface area (Å²) in [6.45, 7) is 18.9. The van der Waals surface area contributed by atoms with Crippen LogP contribution in [0.4, 0.5) is 11.8 Å². The fourth-order valence-electron chi connectivity index (χ4n) is 3.96. The summed E-state index contributed by atoms with van der Waals surface area (Å²) in [5.41, 5.74) is 5.62. The Morgan fingerprint density at radius 2 is 1.91 bits per heavy atom. The second-order valence-electron chi connectivity index (χ2n) is 8.33. The first-order valence-electron chi connectivity index (χ1n) is 12.3. The molecule has 1 aliphatic carbocycles. The molecule has 0 aromatic carbocycles. The van der Waals surface area contributed by atoms with Crippen molar-refractivity contribution in [2.45, 2.75) is 60.8 Å². The highest BCUT2D eigenvalue weighted by atomic mass is 32.1. The van der Waals surface area contributed by atoms with Gasteiger partial charge in [-0.05, 0) is 56.4 Å². The van der Waals surface area contributed by atoms with Crippen molar-refractivity contribution in [3.05, 3.63) is 63.6 Å². The van der Waals surface area contributed by atoms with Crippen LogP contribution in [0, 0.1) is 12.8 Å². The van der Waals surface area contributed by atoms with E-state index in [-0.39, 0.29) is 0 Å². The van der Waals surface area contributed by atoms with Crippen molar-refractivity contribution in [2.75, 3.05) is 23.3 Å². The third-order valence-corrected chi connectivity index (χ3v) is 7.14. The zero-order valence-corrected chi connectivity index (χ0v) is 21.9. The van der Waals surface area contributed by atoms with Crippen LogP contribution in [0.1, 0.15) is 74.9 Å². The SMILES string of the molecule is C=C1C(c2ccc(C3=CCCC=C3)s2)=Cc2c(C)nc(NCC)nc2N1CC(C)CC.CC. The number of fused-ring (bicyclic) bond motifs is 1. The van der Waals surface area contributed by atoms with Gasteiger partial charge in [-0.3, -0.25) is 0 Å². The molecule has 5 heteroatoms. The number of hydrogen-bond donors (Lipinski definition) is 1. The van der Waals surface area contributed by atoms with Crippen LogP contribution in [0.5, 0.6) is 0 Å². The zero-order chi connectivity index (χ0) is 24.0. The molecule has 3 heterocycles. The van der Waals surface area contributed by atoms with E-state index in [4.69, 9.17) is 9.97 Å². The lowest BCUT2D eigenvalue weighted by atomic mass is 9.98. The maximum absolute atomic E-state index is 4.87. The molecule has 0 fully saturated rings. The molecule has 0 spiro atoms. The second-order valence-corrected chi connectivity index (χ2v) is 9.42. The molecule has 0 bridgehead atoms. The largest absolute Gasteiger partial charge is 0.354 e. The molecule has 0 saturated carbocycles. The topological polar surface area (TPSA) is 41.1 Å². The molecule has 2 aliphatic rings. The van der Waals surface area contributed by atoms with E-state index in [1.165, 1.54) is 20.9 Å². The highest BCUT2D eigenvalue weighted by Gasteiger charge is 2.28. The summed E-state index contributed by atoms with van der Waals surface area (Å²) in [5.74, 6) is 2.19. The lowest BCUT2D eigenvalue weighted by Crippen LogP contribution is -2.31. The molecule has 0 amide bonds. The van der Waals surface area contributed by atoms with Crippen molar-refractivity contribution >= 4 is 40.3 Å². The molecule has 1 aliphatic heterocycles. The van der Waals surface area contributed by atoms with Crippen LogP contribution >= 0.6 is 11.3 Å². The van der Waals surface area contributed by atoms with E-state index in [0.717, 1.165) is 55.1 Å². The van der Waals surface area contributed by atoms with Crippen molar-refractivity contribution in [1.29, 1.82) is 0 Å². The predicted molar refractivity (Wildman–Crippen MR) is 147 cm³/mol. The molecular weight excluding hydrogens is 424 g/mol. The summed E-state index contributed by atoms with van der Waals surface area (Å²) in [7, 11) is 0. The van der Waals surface area contributed by atoms with Gasteiger partial charge in [-0.15, -0.1) is 11.3 Å². The third kappa shape index (κ3) is 5.47. The van der Waals surface area contributed by atoms with E-state index >= 15 is 0 Å². The van der Waals surface area contributed by atoms with Gasteiger partial charge in [-0.1, -0.05) is 58.9 Å². The maximum atomic E-state index is 4.87. The van der Waals surface area contributed by atoms with Gasteiger partial charge < -0.3 is 10.2 Å². The van der Waals surface area contributed by atoms with Gasteiger partial charge in [0.1, 0.15) is 5.82 Å². The monoisotopic (exact) mass is 462 g/mol. The summed E-state index contributed by atoms with van der Waals surface area (Å²) in [6, 6.07) is 4.47. The Bertz CT molecular complexity index is 1070. The molecule has 0 radical (unpaired) electrons. The average Bonchev–Trinajstić information content (AvgIpc) is 3.33. The predicted octanol–water partition coefficient (Wildman–Crippen LogP) is 7.96. The van der Waals surface area contributed by atoms with Gasteiger partial charge in [0.05, 0.1) is 5.69 Å². The summed E-state index contributed by atoms with van der Waals surface area (Å²) in [5, 5.41) is 3.27. The van der Waals surface area contributed by atoms with Gasteiger partial charge in [-0.25, -0.2) is 4.98 Å². The first-order chi connectivity index (χ1) is 16.0. The summed E-state index contributed by atoms with van der Waals surface area (Å²) in [4.78, 5) is 14.4. The quantitative estimate of drug-likeness (QED) is 0.453. The number of aryl methyl sites for hydroxylation is 1. The number of nitrogens with one attached hydrogen (secondary N) is 1. The average molecular weight is 463 g/mol. The number of rotatable bonds is 7. The molecule has 33 heavy (non-hydrogen) atoms. The van der Waals surface area contributed by atoms with Crippen molar-refractivity contribution in [2.24, 2.45) is 5.92 Å². The van der Waals surface area contributed by atoms with Crippen LogP contribution in [0.3, 0.4) is 0 Å². The van der Waals surface area contributed by atoms with Gasteiger partial charge in [0.2, 0.25) is 5.95 Å². The van der Waals surface area contributed by atoms with Crippen molar-refractivity contribution in [3.8, 4) is 0 Å². The molecule has 2 aromatic rings. The standard InChI is InChI=1S/C26H32N4S.C2H6/c1-6-17(3)16-30-19(5)22(15-21-18(4)28-26(27-7-2)29-25(21)30)24-14-13-23(31-24)20-11-9-8-10-12-20;1-2/h9,11-15,17H,5-8,10,16H2,1-4H3,(H,27,28,29);1-2H3. The Morgan fingerprint density at radius 3 is 2.58 bits per heavy atom. The molecule has 1 atom stereocenters. The van der Waals surface area contributed by atoms with Gasteiger partial charge in [-0.2, -0.15) is 4.98 Å². The van der Waals surface area contributed by atoms with E-state index in [9.17, 15) is 0 Å². The van der Waals surface area contributed by atoms with Crippen LogP contribution in [-0.2, 0) is 0 Å². The molecule has 1 unspecified atom stereocenters. The number of nitrogens with zero attached hydrogens (tertiary/aromatic N) is 3. The van der Waals surface area contributed by atoms with E-state index in [1.54, 1.807) is 0 Å². The Kier molecular flexibility index (Phi) is 8.67. The lowest BCUT2D eigenvalue weighted by Gasteiger charge is -2.34. The second kappa shape index (κ2) is 11.5. The van der Waals surface area contributed by atoms with Crippen molar-refractivity contribution in [3.63, 3.8) is 0 Å². The molecule has 0 saturated heterocycles. The fourth-order valence-corrected chi connectivity index (χ4v) is 5.03. The minimum Gasteiger partial charge on any atom is -0.354 e. The van der Waals surface area contributed by atoms with Crippen LogP contribution in [0.2, 0.25) is 0 Å². The summed E-state index contributed by atoms with van der Waals surface area (Å²) < 4.78 is 0. The maximum Gasteiger partial charge on any atom is 0.224 e. The Balaban J connectivity index is 0.00000149. The normalized spacial score (nSPS) is 15.8. The number of thiophene rings is 1. The van der Waals surface area contributed by atoms with Gasteiger partial charge in [0, 0.05) is 39.7 Å². The minimum absolute atomic E-state index is 0.540. The molecule has 1 N–H and O–H groups in total. The summed E-state index contributed by atoms with van der Waals surface area (Å²) >= 11 is 1.84. The van der Waals surface area contributed by atoms with Crippen molar-refractivity contribution in [1.82, 2.24) is 9.97 Å². The number of allylic oxidation sites excluding steroid dienone is 5. The van der Waals surface area contributed by atoms with Crippen LogP contribution in [0.15, 0.2) is 42.6 Å². The first kappa shape index (κ1) is 25.0. The van der Waals surface area contributed by atoms with Gasteiger partial charge in [0.25, 0.3) is 0 Å². The van der Waals surface area contributed by atoms with Gasteiger partial charge in [0.15, 0.2) is 0 Å². The van der Waals surface area contributed by atoms with E-state index in [2.05, 4.69) is 80.9 Å². The van der Waals surface area contributed by atoms with Crippen molar-refractivity contribution < 1.29 is 0 Å². The van der Waals surface area contributed by atoms with E-state index in [0.29, 0.717) is 11.9 Å². The zero-order valence-electron chi connectivity index (χ0n) is 21.0. The number of aromatic nitrogens is 2. The first-order valence-corrected chi connectivity index (χ1v) is 13.1. The van der Waals surface area contributed by atoms with Crippen LogP contribution < -0.4 is 10.2 Å². The Hall–Kier alpha value is -2.66. The van der Waals surface area contributed by atoms with Crippen LogP contribution in [0.25, 0.3) is 17.2 Å². The Labute approximate surface area is 203 Å². The number of anilines is 2. The fraction of sp³-hybridized carbons (Fsp3) is 0.429. The molecule has 2 aromatic heterocycles. The molecular formula is C28H38N4S. The Morgan fingerprint density at radius 1 is 1.15 bits per heavy atom. The summed E-state index contributed by atoms with van der Waals surface area (Å²) in [6.07, 6.45) is 12.5. The minimum atomic E-state index is 0.540. The van der Waals surface area contributed by atoms with E-state index < -0.39 is 0 Å². The third-order valence-electron chi connectivity index (χ3n) is 5.97. The molecule has 176 valence electrons. The molecule has 4 rings (SSSR count). The molecule has 4 nitrogen and oxygen atoms in total. The van der Waals surface area contributed by atoms with Gasteiger partial charge >= 0.3 is 0 Å². The van der Waals surface area contributed by atoms with Crippen LogP contribution in [-0.4, -0.2) is 23.1 Å². The smallest absolute Gasteiger partial charge is 0.224 e. The lowest BCUT2D eigenvalue weighted by molar-refractivity contribution is 0.561. The highest BCUT2D eigenvalue weighted by molar-refractivity contribution is 7.14.